The molecule has 1 fully saturated rings. The highest BCUT2D eigenvalue weighted by Gasteiger charge is 2.31. The van der Waals surface area contributed by atoms with Crippen molar-refractivity contribution in [2.45, 2.75) is 64.6 Å². The van der Waals surface area contributed by atoms with Crippen LogP contribution in [-0.2, 0) is 0 Å². The third-order valence-corrected chi connectivity index (χ3v) is 3.38. The van der Waals surface area contributed by atoms with Crippen LogP contribution in [0, 0.1) is 0 Å². The van der Waals surface area contributed by atoms with Crippen molar-refractivity contribution >= 4 is 0 Å². The zero-order valence-corrected chi connectivity index (χ0v) is 11.8. The predicted octanol–water partition coefficient (Wildman–Crippen LogP) is 3.11. The number of aromatic nitrogens is 1. The van der Waals surface area contributed by atoms with Crippen LogP contribution in [0.4, 0.5) is 0 Å². The van der Waals surface area contributed by atoms with Crippen LogP contribution < -0.4 is 10.1 Å². The lowest BCUT2D eigenvalue weighted by Crippen LogP contribution is -2.49. The minimum Gasteiger partial charge on any atom is -0.474 e. The largest absolute Gasteiger partial charge is 0.474 e. The Hall–Kier alpha value is -1.09. The molecule has 1 aliphatic rings. The van der Waals surface area contributed by atoms with Gasteiger partial charge in [0.05, 0.1) is 0 Å². The first-order valence-corrected chi connectivity index (χ1v) is 6.93. The normalized spacial score (nSPS) is 23.2. The van der Waals surface area contributed by atoms with Gasteiger partial charge in [-0.25, -0.2) is 4.98 Å². The highest BCUT2D eigenvalue weighted by atomic mass is 16.5. The van der Waals surface area contributed by atoms with Crippen molar-refractivity contribution in [3.8, 4) is 5.88 Å². The maximum absolute atomic E-state index is 5.90. The molecule has 0 spiro atoms. The van der Waals surface area contributed by atoms with E-state index in [1.165, 1.54) is 5.56 Å². The maximum Gasteiger partial charge on any atom is 0.213 e. The van der Waals surface area contributed by atoms with Gasteiger partial charge in [-0.1, -0.05) is 27.7 Å². The average molecular weight is 248 g/mol. The van der Waals surface area contributed by atoms with Crippen LogP contribution in [-0.4, -0.2) is 23.2 Å². The summed E-state index contributed by atoms with van der Waals surface area (Å²) in [6.07, 6.45) is 4.35. The Morgan fingerprint density at radius 1 is 1.28 bits per heavy atom. The first kappa shape index (κ1) is 13.3. The SMILES string of the molecule is CC(C)NC1CC(Oc2cc(C(C)C)ccn2)C1. The van der Waals surface area contributed by atoms with E-state index in [-0.39, 0.29) is 0 Å². The third-order valence-electron chi connectivity index (χ3n) is 3.38. The molecule has 1 aliphatic carbocycles. The Balaban J connectivity index is 1.83. The number of ether oxygens (including phenoxy) is 1. The zero-order chi connectivity index (χ0) is 13.1. The summed E-state index contributed by atoms with van der Waals surface area (Å²) in [5.41, 5.74) is 1.29. The van der Waals surface area contributed by atoms with E-state index in [4.69, 9.17) is 4.74 Å². The lowest BCUT2D eigenvalue weighted by atomic mass is 9.89. The van der Waals surface area contributed by atoms with Crippen molar-refractivity contribution in [1.29, 1.82) is 0 Å². The van der Waals surface area contributed by atoms with E-state index in [2.05, 4.69) is 50.1 Å². The number of nitrogens with one attached hydrogen (secondary N) is 1. The van der Waals surface area contributed by atoms with Gasteiger partial charge in [-0.15, -0.1) is 0 Å². The fourth-order valence-electron chi connectivity index (χ4n) is 2.29. The fourth-order valence-corrected chi connectivity index (χ4v) is 2.29. The Morgan fingerprint density at radius 3 is 2.61 bits per heavy atom. The van der Waals surface area contributed by atoms with Gasteiger partial charge in [0.25, 0.3) is 0 Å². The second kappa shape index (κ2) is 5.70. The van der Waals surface area contributed by atoms with Gasteiger partial charge in [-0.2, -0.15) is 0 Å². The Morgan fingerprint density at radius 2 is 2.00 bits per heavy atom. The van der Waals surface area contributed by atoms with Crippen LogP contribution >= 0.6 is 0 Å². The minimum atomic E-state index is 0.330. The molecular weight excluding hydrogens is 224 g/mol. The van der Waals surface area contributed by atoms with E-state index >= 15 is 0 Å². The minimum absolute atomic E-state index is 0.330. The van der Waals surface area contributed by atoms with E-state index < -0.39 is 0 Å². The number of hydrogen-bond donors (Lipinski definition) is 1. The van der Waals surface area contributed by atoms with Crippen molar-refractivity contribution in [2.24, 2.45) is 0 Å². The van der Waals surface area contributed by atoms with Gasteiger partial charge in [-0.05, 0) is 30.4 Å². The topological polar surface area (TPSA) is 34.1 Å². The molecule has 1 aromatic rings. The van der Waals surface area contributed by atoms with E-state index in [1.54, 1.807) is 0 Å². The number of rotatable bonds is 5. The summed E-state index contributed by atoms with van der Waals surface area (Å²) in [5.74, 6) is 1.29. The van der Waals surface area contributed by atoms with Crippen LogP contribution in [0.1, 0.15) is 52.0 Å². The molecular formula is C15H24N2O. The van der Waals surface area contributed by atoms with Crippen molar-refractivity contribution in [3.05, 3.63) is 23.9 Å². The molecule has 2 rings (SSSR count). The molecule has 1 aromatic heterocycles. The summed E-state index contributed by atoms with van der Waals surface area (Å²) >= 11 is 0. The first-order chi connectivity index (χ1) is 8.54. The standard InChI is InChI=1S/C15H24N2O/c1-10(2)12-5-6-16-15(7-12)18-14-8-13(9-14)17-11(3)4/h5-7,10-11,13-14,17H,8-9H2,1-4H3. The zero-order valence-electron chi connectivity index (χ0n) is 11.8. The highest BCUT2D eigenvalue weighted by Crippen LogP contribution is 2.26. The Bertz CT molecular complexity index is 384. The third kappa shape index (κ3) is 3.45. The second-order valence-electron chi connectivity index (χ2n) is 5.81. The van der Waals surface area contributed by atoms with Crippen molar-refractivity contribution in [3.63, 3.8) is 0 Å². The average Bonchev–Trinajstić information content (AvgIpc) is 2.26. The molecule has 3 heteroatoms. The summed E-state index contributed by atoms with van der Waals surface area (Å²) < 4.78 is 5.90. The molecule has 0 atom stereocenters. The molecule has 0 saturated heterocycles. The van der Waals surface area contributed by atoms with E-state index in [0.29, 0.717) is 24.1 Å². The molecule has 1 heterocycles. The van der Waals surface area contributed by atoms with Crippen LogP contribution in [0.15, 0.2) is 18.3 Å². The highest BCUT2D eigenvalue weighted by molar-refractivity contribution is 5.23. The Kier molecular flexibility index (Phi) is 4.23. The van der Waals surface area contributed by atoms with Crippen molar-refractivity contribution in [1.82, 2.24) is 10.3 Å². The van der Waals surface area contributed by atoms with Gasteiger partial charge < -0.3 is 10.1 Å². The van der Waals surface area contributed by atoms with Crippen LogP contribution in [0.25, 0.3) is 0 Å². The van der Waals surface area contributed by atoms with E-state index in [1.807, 2.05) is 6.20 Å². The van der Waals surface area contributed by atoms with Crippen LogP contribution in [0.2, 0.25) is 0 Å². The first-order valence-electron chi connectivity index (χ1n) is 6.93. The lowest BCUT2D eigenvalue weighted by molar-refractivity contribution is 0.0771. The molecule has 18 heavy (non-hydrogen) atoms. The fraction of sp³-hybridized carbons (Fsp3) is 0.667. The van der Waals surface area contributed by atoms with E-state index in [0.717, 1.165) is 18.7 Å². The summed E-state index contributed by atoms with van der Waals surface area (Å²) in [7, 11) is 0. The molecule has 0 radical (unpaired) electrons. The molecule has 1 saturated carbocycles. The molecule has 0 aromatic carbocycles. The van der Waals surface area contributed by atoms with Gasteiger partial charge in [-0.3, -0.25) is 0 Å². The van der Waals surface area contributed by atoms with Gasteiger partial charge in [0.1, 0.15) is 6.10 Å². The maximum atomic E-state index is 5.90. The summed E-state index contributed by atoms with van der Waals surface area (Å²) in [5, 5.41) is 3.52. The molecule has 100 valence electrons. The van der Waals surface area contributed by atoms with Gasteiger partial charge >= 0.3 is 0 Å². The monoisotopic (exact) mass is 248 g/mol. The molecule has 3 nitrogen and oxygen atoms in total. The number of nitrogens with zero attached hydrogens (tertiary/aromatic N) is 1. The smallest absolute Gasteiger partial charge is 0.213 e. The van der Waals surface area contributed by atoms with Crippen molar-refractivity contribution in [2.75, 3.05) is 0 Å². The Labute approximate surface area is 110 Å². The molecule has 0 unspecified atom stereocenters. The number of pyridine rings is 1. The van der Waals surface area contributed by atoms with E-state index in [9.17, 15) is 0 Å². The van der Waals surface area contributed by atoms with Crippen LogP contribution in [0.3, 0.4) is 0 Å². The van der Waals surface area contributed by atoms with Gasteiger partial charge in [0.15, 0.2) is 0 Å². The van der Waals surface area contributed by atoms with Crippen LogP contribution in [0.5, 0.6) is 5.88 Å². The molecule has 0 amide bonds. The second-order valence-corrected chi connectivity index (χ2v) is 5.81. The van der Waals surface area contributed by atoms with Crippen molar-refractivity contribution < 1.29 is 4.74 Å². The molecule has 1 N–H and O–H groups in total. The lowest BCUT2D eigenvalue weighted by Gasteiger charge is -2.36. The number of hydrogen-bond acceptors (Lipinski definition) is 3. The quantitative estimate of drug-likeness (QED) is 0.869. The summed E-state index contributed by atoms with van der Waals surface area (Å²) in [6, 6.07) is 5.29. The summed E-state index contributed by atoms with van der Waals surface area (Å²) in [6.45, 7) is 8.74. The summed E-state index contributed by atoms with van der Waals surface area (Å²) in [4.78, 5) is 4.29. The van der Waals surface area contributed by atoms with Gasteiger partial charge in [0.2, 0.25) is 5.88 Å². The van der Waals surface area contributed by atoms with Gasteiger partial charge in [0, 0.05) is 24.3 Å². The molecule has 0 bridgehead atoms. The molecule has 0 aliphatic heterocycles. The predicted molar refractivity (Wildman–Crippen MR) is 74.0 cm³/mol.